The molecule has 126 valence electrons. The molecule has 1 aromatic rings. The molecule has 1 saturated carbocycles. The molecule has 23 heavy (non-hydrogen) atoms. The number of hydrogen-bond acceptors (Lipinski definition) is 4. The Balaban J connectivity index is 2.01. The van der Waals surface area contributed by atoms with E-state index in [9.17, 15) is 9.59 Å². The summed E-state index contributed by atoms with van der Waals surface area (Å²) in [5.41, 5.74) is 0.406. The number of hydrogen-bond donors (Lipinski definition) is 2. The van der Waals surface area contributed by atoms with E-state index in [1.165, 1.54) is 20.6 Å². The monoisotopic (exact) mass is 320 g/mol. The van der Waals surface area contributed by atoms with Crippen molar-refractivity contribution in [2.45, 2.75) is 38.6 Å². The van der Waals surface area contributed by atoms with Gasteiger partial charge < -0.3 is 20.1 Å². The van der Waals surface area contributed by atoms with Crippen LogP contribution in [0.3, 0.4) is 0 Å². The highest BCUT2D eigenvalue weighted by Gasteiger charge is 2.25. The van der Waals surface area contributed by atoms with Gasteiger partial charge in [0.1, 0.15) is 11.5 Å². The highest BCUT2D eigenvalue weighted by Crippen LogP contribution is 2.29. The van der Waals surface area contributed by atoms with E-state index in [4.69, 9.17) is 9.47 Å². The molecule has 0 bridgehead atoms. The van der Waals surface area contributed by atoms with Crippen LogP contribution in [0.1, 0.15) is 32.6 Å². The minimum atomic E-state index is -0.700. The number of rotatable bonds is 4. The molecule has 2 N–H and O–H groups in total. The lowest BCUT2D eigenvalue weighted by Crippen LogP contribution is -2.45. The summed E-state index contributed by atoms with van der Waals surface area (Å²) in [6, 6.07) is 5.08. The van der Waals surface area contributed by atoms with Crippen molar-refractivity contribution in [2.24, 2.45) is 5.92 Å². The molecule has 2 amide bonds. The molecule has 6 nitrogen and oxygen atoms in total. The molecule has 2 rings (SSSR count). The molecule has 0 unspecified atom stereocenters. The lowest BCUT2D eigenvalue weighted by atomic mass is 9.86. The zero-order valence-electron chi connectivity index (χ0n) is 13.8. The minimum Gasteiger partial charge on any atom is -0.497 e. The van der Waals surface area contributed by atoms with Gasteiger partial charge >= 0.3 is 11.8 Å². The molecule has 0 aliphatic heterocycles. The van der Waals surface area contributed by atoms with Crippen molar-refractivity contribution in [2.75, 3.05) is 19.5 Å². The van der Waals surface area contributed by atoms with Gasteiger partial charge in [0.05, 0.1) is 19.9 Å². The zero-order chi connectivity index (χ0) is 16.8. The summed E-state index contributed by atoms with van der Waals surface area (Å²) >= 11 is 0. The summed E-state index contributed by atoms with van der Waals surface area (Å²) in [5.74, 6) is 0.121. The summed E-state index contributed by atoms with van der Waals surface area (Å²) in [7, 11) is 3.03. The number of nitrogens with one attached hydrogen (secondary N) is 2. The third kappa shape index (κ3) is 4.37. The maximum absolute atomic E-state index is 12.1. The summed E-state index contributed by atoms with van der Waals surface area (Å²) < 4.78 is 10.3. The van der Waals surface area contributed by atoms with E-state index >= 15 is 0 Å². The van der Waals surface area contributed by atoms with Crippen molar-refractivity contribution < 1.29 is 19.1 Å². The van der Waals surface area contributed by atoms with Crippen LogP contribution in [0.5, 0.6) is 11.5 Å². The summed E-state index contributed by atoms with van der Waals surface area (Å²) in [6.45, 7) is 2.10. The highest BCUT2D eigenvalue weighted by atomic mass is 16.5. The molecule has 6 heteroatoms. The van der Waals surface area contributed by atoms with Gasteiger partial charge in [0.2, 0.25) is 0 Å². The predicted octanol–water partition coefficient (Wildman–Crippen LogP) is 2.34. The Morgan fingerprint density at radius 2 is 1.83 bits per heavy atom. The average molecular weight is 320 g/mol. The van der Waals surface area contributed by atoms with Crippen LogP contribution in [0.2, 0.25) is 0 Å². The number of anilines is 1. The molecule has 2 atom stereocenters. The molecule has 0 aromatic heterocycles. The van der Waals surface area contributed by atoms with Gasteiger partial charge in [-0.2, -0.15) is 0 Å². The first-order valence-electron chi connectivity index (χ1n) is 7.89. The third-order valence-electron chi connectivity index (χ3n) is 4.29. The second-order valence-corrected chi connectivity index (χ2v) is 5.86. The SMILES string of the molecule is COc1ccc(OC)c(NC(=O)C(=O)N[C@H]2CCCC[C@H]2C)c1. The van der Waals surface area contributed by atoms with Crippen LogP contribution in [-0.4, -0.2) is 32.1 Å². The van der Waals surface area contributed by atoms with Crippen molar-refractivity contribution >= 4 is 17.5 Å². The van der Waals surface area contributed by atoms with E-state index in [1.54, 1.807) is 18.2 Å². The summed E-state index contributed by atoms with van der Waals surface area (Å²) in [6.07, 6.45) is 4.26. The number of ether oxygens (including phenoxy) is 2. The lowest BCUT2D eigenvalue weighted by molar-refractivity contribution is -0.137. The van der Waals surface area contributed by atoms with Gasteiger partial charge in [0.25, 0.3) is 0 Å². The highest BCUT2D eigenvalue weighted by molar-refractivity contribution is 6.39. The predicted molar refractivity (Wildman–Crippen MR) is 87.7 cm³/mol. The van der Waals surface area contributed by atoms with Crippen molar-refractivity contribution in [3.63, 3.8) is 0 Å². The van der Waals surface area contributed by atoms with Crippen LogP contribution in [0.25, 0.3) is 0 Å². The van der Waals surface area contributed by atoms with E-state index in [0.29, 0.717) is 23.1 Å². The van der Waals surface area contributed by atoms with Crippen LogP contribution in [0.4, 0.5) is 5.69 Å². The van der Waals surface area contributed by atoms with E-state index < -0.39 is 11.8 Å². The van der Waals surface area contributed by atoms with Gasteiger partial charge in [0, 0.05) is 12.1 Å². The lowest BCUT2D eigenvalue weighted by Gasteiger charge is -2.29. The maximum Gasteiger partial charge on any atom is 0.313 e. The smallest absolute Gasteiger partial charge is 0.313 e. The molecule has 1 aromatic carbocycles. The fourth-order valence-electron chi connectivity index (χ4n) is 2.86. The van der Waals surface area contributed by atoms with Crippen molar-refractivity contribution in [1.29, 1.82) is 0 Å². The van der Waals surface area contributed by atoms with Crippen LogP contribution < -0.4 is 20.1 Å². The van der Waals surface area contributed by atoms with Crippen molar-refractivity contribution in [3.8, 4) is 11.5 Å². The van der Waals surface area contributed by atoms with Crippen LogP contribution in [0.15, 0.2) is 18.2 Å². The first-order valence-corrected chi connectivity index (χ1v) is 7.89. The minimum absolute atomic E-state index is 0.0641. The number of amides is 2. The average Bonchev–Trinajstić information content (AvgIpc) is 2.56. The van der Waals surface area contributed by atoms with E-state index in [1.807, 2.05) is 0 Å². The van der Waals surface area contributed by atoms with Gasteiger partial charge in [-0.1, -0.05) is 19.8 Å². The first-order chi connectivity index (χ1) is 11.0. The molecule has 1 aliphatic carbocycles. The van der Waals surface area contributed by atoms with Crippen LogP contribution in [-0.2, 0) is 9.59 Å². The largest absolute Gasteiger partial charge is 0.497 e. The van der Waals surface area contributed by atoms with E-state index in [2.05, 4.69) is 17.6 Å². The number of benzene rings is 1. The molecule has 1 fully saturated rings. The quantitative estimate of drug-likeness (QED) is 0.835. The van der Waals surface area contributed by atoms with Gasteiger partial charge in [0.15, 0.2) is 0 Å². The Labute approximate surface area is 136 Å². The standard InChI is InChI=1S/C17H24N2O4/c1-11-6-4-5-7-13(11)18-16(20)17(21)19-14-10-12(22-2)8-9-15(14)23-3/h8-11,13H,4-7H2,1-3H3,(H,18,20)(H,19,21)/t11-,13+/m1/s1. The van der Waals surface area contributed by atoms with Crippen molar-refractivity contribution in [1.82, 2.24) is 5.32 Å². The summed E-state index contributed by atoms with van der Waals surface area (Å²) in [4.78, 5) is 24.3. The van der Waals surface area contributed by atoms with Crippen LogP contribution >= 0.6 is 0 Å². The Morgan fingerprint density at radius 1 is 1.09 bits per heavy atom. The second-order valence-electron chi connectivity index (χ2n) is 5.86. The Hall–Kier alpha value is -2.24. The first kappa shape index (κ1) is 17.1. The number of methoxy groups -OCH3 is 2. The van der Waals surface area contributed by atoms with E-state index in [-0.39, 0.29) is 6.04 Å². The number of carbonyl (C=O) groups is 2. The number of carbonyl (C=O) groups excluding carboxylic acids is 2. The third-order valence-corrected chi connectivity index (χ3v) is 4.29. The van der Waals surface area contributed by atoms with E-state index in [0.717, 1.165) is 19.3 Å². The summed E-state index contributed by atoms with van der Waals surface area (Å²) in [5, 5.41) is 5.42. The Bertz CT molecular complexity index is 574. The molecule has 0 saturated heterocycles. The molecule has 0 radical (unpaired) electrons. The Kier molecular flexibility index (Phi) is 5.84. The fourth-order valence-corrected chi connectivity index (χ4v) is 2.86. The maximum atomic E-state index is 12.1. The van der Waals surface area contributed by atoms with Gasteiger partial charge in [-0.15, -0.1) is 0 Å². The fraction of sp³-hybridized carbons (Fsp3) is 0.529. The second kappa shape index (κ2) is 7.85. The topological polar surface area (TPSA) is 76.7 Å². The molecular formula is C17H24N2O4. The zero-order valence-corrected chi connectivity index (χ0v) is 13.8. The molecule has 0 heterocycles. The Morgan fingerprint density at radius 3 is 2.48 bits per heavy atom. The van der Waals surface area contributed by atoms with Gasteiger partial charge in [-0.05, 0) is 30.9 Å². The molecular weight excluding hydrogens is 296 g/mol. The molecule has 0 spiro atoms. The van der Waals surface area contributed by atoms with Crippen molar-refractivity contribution in [3.05, 3.63) is 18.2 Å². The van der Waals surface area contributed by atoms with Gasteiger partial charge in [-0.25, -0.2) is 0 Å². The molecule has 1 aliphatic rings. The van der Waals surface area contributed by atoms with Gasteiger partial charge in [-0.3, -0.25) is 9.59 Å². The van der Waals surface area contributed by atoms with Crippen LogP contribution in [0, 0.1) is 5.92 Å². The normalized spacial score (nSPS) is 20.5.